The van der Waals surface area contributed by atoms with E-state index in [1.165, 1.54) is 6.07 Å². The summed E-state index contributed by atoms with van der Waals surface area (Å²) in [5.74, 6) is 0. The van der Waals surface area contributed by atoms with Crippen LogP contribution in [0.2, 0.25) is 0 Å². The van der Waals surface area contributed by atoms with Crippen molar-refractivity contribution in [2.75, 3.05) is 0 Å². The van der Waals surface area contributed by atoms with Gasteiger partial charge in [-0.3, -0.25) is 0 Å². The normalized spacial score (nSPS) is 14.8. The van der Waals surface area contributed by atoms with Crippen LogP contribution in [-0.2, 0) is 18.2 Å². The highest BCUT2D eigenvalue weighted by atomic mass is 79.9. The standard InChI is InChI=1S/C16H14BrF3O/c1-15(21,12-5-3-7-14(17)9-12)10-11-4-2-6-13(8-11)16(18,19)20/h2-9,21H,10H2,1H3. The number of halogens is 4. The zero-order chi connectivity index (χ0) is 15.7. The molecule has 0 spiro atoms. The Morgan fingerprint density at radius 1 is 1.00 bits per heavy atom. The van der Waals surface area contributed by atoms with Crippen LogP contribution in [0, 0.1) is 0 Å². The minimum absolute atomic E-state index is 0.105. The molecule has 0 bridgehead atoms. The summed E-state index contributed by atoms with van der Waals surface area (Å²) in [4.78, 5) is 0. The fraction of sp³-hybridized carbons (Fsp3) is 0.250. The van der Waals surface area contributed by atoms with Crippen LogP contribution in [0.3, 0.4) is 0 Å². The van der Waals surface area contributed by atoms with E-state index in [0.29, 0.717) is 11.1 Å². The van der Waals surface area contributed by atoms with Crippen molar-refractivity contribution in [3.8, 4) is 0 Å². The molecule has 21 heavy (non-hydrogen) atoms. The molecule has 2 aromatic carbocycles. The van der Waals surface area contributed by atoms with Gasteiger partial charge in [0, 0.05) is 10.9 Å². The van der Waals surface area contributed by atoms with Crippen molar-refractivity contribution >= 4 is 15.9 Å². The maximum absolute atomic E-state index is 12.7. The minimum atomic E-state index is -4.38. The quantitative estimate of drug-likeness (QED) is 0.825. The lowest BCUT2D eigenvalue weighted by Gasteiger charge is -2.24. The van der Waals surface area contributed by atoms with Crippen LogP contribution in [0.1, 0.15) is 23.6 Å². The molecule has 1 atom stereocenters. The molecule has 0 amide bonds. The Morgan fingerprint density at radius 2 is 1.62 bits per heavy atom. The summed E-state index contributed by atoms with van der Waals surface area (Å²) in [7, 11) is 0. The Bertz CT molecular complexity index is 635. The Labute approximate surface area is 129 Å². The van der Waals surface area contributed by atoms with Crippen molar-refractivity contribution in [3.63, 3.8) is 0 Å². The van der Waals surface area contributed by atoms with Crippen LogP contribution in [-0.4, -0.2) is 5.11 Å². The number of hydrogen-bond acceptors (Lipinski definition) is 1. The van der Waals surface area contributed by atoms with E-state index in [0.717, 1.165) is 16.6 Å². The Hall–Kier alpha value is -1.33. The van der Waals surface area contributed by atoms with Crippen molar-refractivity contribution in [1.82, 2.24) is 0 Å². The zero-order valence-electron chi connectivity index (χ0n) is 11.3. The van der Waals surface area contributed by atoms with E-state index in [-0.39, 0.29) is 6.42 Å². The van der Waals surface area contributed by atoms with E-state index in [2.05, 4.69) is 15.9 Å². The third-order valence-corrected chi connectivity index (χ3v) is 3.74. The summed E-state index contributed by atoms with van der Waals surface area (Å²) >= 11 is 3.32. The molecule has 5 heteroatoms. The second-order valence-electron chi connectivity index (χ2n) is 5.16. The smallest absolute Gasteiger partial charge is 0.385 e. The van der Waals surface area contributed by atoms with Crippen LogP contribution < -0.4 is 0 Å². The molecule has 2 aromatic rings. The lowest BCUT2D eigenvalue weighted by Crippen LogP contribution is -2.24. The predicted molar refractivity (Wildman–Crippen MR) is 78.9 cm³/mol. The summed E-state index contributed by atoms with van der Waals surface area (Å²) in [6.07, 6.45) is -4.27. The van der Waals surface area contributed by atoms with E-state index in [1.54, 1.807) is 31.2 Å². The van der Waals surface area contributed by atoms with Crippen molar-refractivity contribution in [2.24, 2.45) is 0 Å². The van der Waals surface area contributed by atoms with Gasteiger partial charge in [-0.25, -0.2) is 0 Å². The van der Waals surface area contributed by atoms with Crippen molar-refractivity contribution in [2.45, 2.75) is 25.1 Å². The van der Waals surface area contributed by atoms with Crippen LogP contribution in [0.15, 0.2) is 53.0 Å². The summed E-state index contributed by atoms with van der Waals surface area (Å²) in [6, 6.07) is 12.1. The summed E-state index contributed by atoms with van der Waals surface area (Å²) in [6.45, 7) is 1.59. The fourth-order valence-corrected chi connectivity index (χ4v) is 2.58. The summed E-state index contributed by atoms with van der Waals surface area (Å²) in [5.41, 5.74) is -0.859. The summed E-state index contributed by atoms with van der Waals surface area (Å²) in [5, 5.41) is 10.6. The Morgan fingerprint density at radius 3 is 2.24 bits per heavy atom. The molecular weight excluding hydrogens is 345 g/mol. The molecule has 0 aliphatic carbocycles. The molecule has 2 rings (SSSR count). The van der Waals surface area contributed by atoms with Gasteiger partial charge < -0.3 is 5.11 Å². The molecule has 0 aliphatic heterocycles. The SMILES string of the molecule is CC(O)(Cc1cccc(C(F)(F)F)c1)c1cccc(Br)c1. The topological polar surface area (TPSA) is 20.2 Å². The first-order valence-corrected chi connectivity index (χ1v) is 7.12. The molecule has 1 nitrogen and oxygen atoms in total. The largest absolute Gasteiger partial charge is 0.416 e. The fourth-order valence-electron chi connectivity index (χ4n) is 2.18. The van der Waals surface area contributed by atoms with E-state index in [9.17, 15) is 18.3 Å². The number of benzene rings is 2. The average molecular weight is 359 g/mol. The van der Waals surface area contributed by atoms with E-state index in [1.807, 2.05) is 6.07 Å². The third kappa shape index (κ3) is 4.08. The molecule has 0 aromatic heterocycles. The maximum atomic E-state index is 12.7. The molecule has 0 aliphatic rings. The van der Waals surface area contributed by atoms with Gasteiger partial charge in [0.05, 0.1) is 11.2 Å². The van der Waals surface area contributed by atoms with Crippen LogP contribution >= 0.6 is 15.9 Å². The van der Waals surface area contributed by atoms with Gasteiger partial charge in [-0.2, -0.15) is 13.2 Å². The van der Waals surface area contributed by atoms with E-state index in [4.69, 9.17) is 0 Å². The average Bonchev–Trinajstić information content (AvgIpc) is 2.37. The van der Waals surface area contributed by atoms with Gasteiger partial charge in [0.15, 0.2) is 0 Å². The van der Waals surface area contributed by atoms with Gasteiger partial charge in [-0.15, -0.1) is 0 Å². The van der Waals surface area contributed by atoms with Crippen LogP contribution in [0.4, 0.5) is 13.2 Å². The first kappa shape index (κ1) is 16.0. The number of rotatable bonds is 3. The lowest BCUT2D eigenvalue weighted by atomic mass is 9.88. The van der Waals surface area contributed by atoms with Crippen molar-refractivity contribution in [3.05, 3.63) is 69.7 Å². The van der Waals surface area contributed by atoms with Gasteiger partial charge in [-0.1, -0.05) is 46.3 Å². The Balaban J connectivity index is 2.28. The van der Waals surface area contributed by atoms with Crippen LogP contribution in [0.5, 0.6) is 0 Å². The number of alkyl halides is 3. The minimum Gasteiger partial charge on any atom is -0.385 e. The Kier molecular flexibility index (Phi) is 4.44. The second kappa shape index (κ2) is 5.81. The first-order valence-electron chi connectivity index (χ1n) is 6.33. The summed E-state index contributed by atoms with van der Waals surface area (Å²) < 4.78 is 38.9. The molecule has 0 radical (unpaired) electrons. The zero-order valence-corrected chi connectivity index (χ0v) is 12.9. The predicted octanol–water partition coefficient (Wildman–Crippen LogP) is 4.92. The second-order valence-corrected chi connectivity index (χ2v) is 6.07. The molecule has 0 saturated carbocycles. The van der Waals surface area contributed by atoms with Crippen molar-refractivity contribution < 1.29 is 18.3 Å². The molecule has 0 fully saturated rings. The van der Waals surface area contributed by atoms with Gasteiger partial charge in [-0.05, 0) is 36.2 Å². The highest BCUT2D eigenvalue weighted by Gasteiger charge is 2.31. The van der Waals surface area contributed by atoms with Gasteiger partial charge in [0.1, 0.15) is 0 Å². The highest BCUT2D eigenvalue weighted by Crippen LogP contribution is 2.32. The number of aliphatic hydroxyl groups is 1. The highest BCUT2D eigenvalue weighted by molar-refractivity contribution is 9.10. The van der Waals surface area contributed by atoms with Crippen molar-refractivity contribution in [1.29, 1.82) is 0 Å². The number of hydrogen-bond donors (Lipinski definition) is 1. The molecule has 0 saturated heterocycles. The first-order chi connectivity index (χ1) is 9.68. The van der Waals surface area contributed by atoms with E-state index < -0.39 is 17.3 Å². The molecular formula is C16H14BrF3O. The maximum Gasteiger partial charge on any atom is 0.416 e. The van der Waals surface area contributed by atoms with Crippen LogP contribution in [0.25, 0.3) is 0 Å². The van der Waals surface area contributed by atoms with Gasteiger partial charge in [0.25, 0.3) is 0 Å². The molecule has 0 heterocycles. The van der Waals surface area contributed by atoms with Gasteiger partial charge >= 0.3 is 6.18 Å². The molecule has 1 N–H and O–H groups in total. The molecule has 112 valence electrons. The lowest BCUT2D eigenvalue weighted by molar-refractivity contribution is -0.137. The third-order valence-electron chi connectivity index (χ3n) is 3.25. The monoisotopic (exact) mass is 358 g/mol. The van der Waals surface area contributed by atoms with E-state index >= 15 is 0 Å². The molecule has 1 unspecified atom stereocenters. The van der Waals surface area contributed by atoms with Gasteiger partial charge in [0.2, 0.25) is 0 Å².